The van der Waals surface area contributed by atoms with Gasteiger partial charge in [-0.1, -0.05) is 15.9 Å². The van der Waals surface area contributed by atoms with E-state index >= 15 is 0 Å². The van der Waals surface area contributed by atoms with Crippen LogP contribution in [0.5, 0.6) is 0 Å². The SMILES string of the molecule is Cc1cc(S(=O)(=O)NCc2nc(C(=O)O)cs2)ccc1Br. The third-order valence-electron chi connectivity index (χ3n) is 2.62. The molecule has 0 radical (unpaired) electrons. The molecule has 2 aromatic rings. The minimum absolute atomic E-state index is 0.0462. The maximum atomic E-state index is 12.1. The van der Waals surface area contributed by atoms with Crippen molar-refractivity contribution in [3.63, 3.8) is 0 Å². The van der Waals surface area contributed by atoms with Gasteiger partial charge < -0.3 is 5.11 Å². The molecule has 9 heteroatoms. The summed E-state index contributed by atoms with van der Waals surface area (Å²) in [5.74, 6) is -1.14. The Morgan fingerprint density at radius 3 is 2.76 bits per heavy atom. The molecule has 0 bridgehead atoms. The van der Waals surface area contributed by atoms with Crippen molar-refractivity contribution < 1.29 is 18.3 Å². The van der Waals surface area contributed by atoms with Gasteiger partial charge in [0.1, 0.15) is 5.01 Å². The first-order valence-electron chi connectivity index (χ1n) is 5.73. The van der Waals surface area contributed by atoms with E-state index in [9.17, 15) is 13.2 Å². The number of hydrogen-bond donors (Lipinski definition) is 2. The predicted molar refractivity (Wildman–Crippen MR) is 82.0 cm³/mol. The third-order valence-corrected chi connectivity index (χ3v) is 5.76. The maximum absolute atomic E-state index is 12.1. The Hall–Kier alpha value is -1.29. The Bertz CT molecular complexity index is 786. The number of aryl methyl sites for hydroxylation is 1. The highest BCUT2D eigenvalue weighted by Crippen LogP contribution is 2.20. The highest BCUT2D eigenvalue weighted by atomic mass is 79.9. The largest absolute Gasteiger partial charge is 0.476 e. The van der Waals surface area contributed by atoms with Gasteiger partial charge in [0.25, 0.3) is 0 Å². The lowest BCUT2D eigenvalue weighted by Gasteiger charge is -2.07. The van der Waals surface area contributed by atoms with Crippen molar-refractivity contribution in [2.45, 2.75) is 18.4 Å². The first-order valence-corrected chi connectivity index (χ1v) is 8.88. The quantitative estimate of drug-likeness (QED) is 0.816. The van der Waals surface area contributed by atoms with Crippen molar-refractivity contribution in [2.24, 2.45) is 0 Å². The third kappa shape index (κ3) is 3.88. The molecular weight excluding hydrogens is 380 g/mol. The van der Waals surface area contributed by atoms with Crippen molar-refractivity contribution in [1.82, 2.24) is 9.71 Å². The highest BCUT2D eigenvalue weighted by molar-refractivity contribution is 9.10. The minimum Gasteiger partial charge on any atom is -0.476 e. The number of aromatic carboxylic acids is 1. The van der Waals surface area contributed by atoms with Crippen LogP contribution in [-0.4, -0.2) is 24.5 Å². The number of nitrogens with zero attached hydrogens (tertiary/aromatic N) is 1. The van der Waals surface area contributed by atoms with Gasteiger partial charge in [-0.3, -0.25) is 0 Å². The molecule has 0 atom stereocenters. The van der Waals surface area contributed by atoms with Crippen molar-refractivity contribution in [2.75, 3.05) is 0 Å². The van der Waals surface area contributed by atoms with E-state index in [-0.39, 0.29) is 17.1 Å². The second-order valence-corrected chi connectivity index (χ2v) is 7.73. The van der Waals surface area contributed by atoms with Crippen LogP contribution in [0.15, 0.2) is 32.9 Å². The van der Waals surface area contributed by atoms with Crippen LogP contribution in [0.1, 0.15) is 21.1 Å². The van der Waals surface area contributed by atoms with Gasteiger partial charge in [0.2, 0.25) is 10.0 Å². The van der Waals surface area contributed by atoms with E-state index < -0.39 is 16.0 Å². The fourth-order valence-corrected chi connectivity index (χ4v) is 3.63. The second-order valence-electron chi connectivity index (χ2n) is 4.17. The number of aromatic nitrogens is 1. The molecule has 112 valence electrons. The van der Waals surface area contributed by atoms with Gasteiger partial charge in [-0.05, 0) is 30.7 Å². The van der Waals surface area contributed by atoms with Crippen molar-refractivity contribution in [3.8, 4) is 0 Å². The second kappa shape index (κ2) is 6.22. The fourth-order valence-electron chi connectivity index (χ4n) is 1.51. The minimum atomic E-state index is -3.66. The topological polar surface area (TPSA) is 96.4 Å². The van der Waals surface area contributed by atoms with E-state index in [1.165, 1.54) is 11.4 Å². The monoisotopic (exact) mass is 390 g/mol. The number of carboxylic acid groups (broad SMARTS) is 1. The number of thiazole rings is 1. The lowest BCUT2D eigenvalue weighted by Crippen LogP contribution is -2.23. The van der Waals surface area contributed by atoms with E-state index in [1.54, 1.807) is 19.1 Å². The van der Waals surface area contributed by atoms with E-state index in [1.807, 2.05) is 0 Å². The Labute approximate surface area is 134 Å². The van der Waals surface area contributed by atoms with Crippen molar-refractivity contribution >= 4 is 43.3 Å². The van der Waals surface area contributed by atoms with Gasteiger partial charge in [0.05, 0.1) is 11.4 Å². The van der Waals surface area contributed by atoms with E-state index in [0.717, 1.165) is 21.4 Å². The van der Waals surface area contributed by atoms with E-state index in [0.29, 0.717) is 5.01 Å². The number of carbonyl (C=O) groups is 1. The Morgan fingerprint density at radius 2 is 2.19 bits per heavy atom. The molecule has 0 fully saturated rings. The Morgan fingerprint density at radius 1 is 1.48 bits per heavy atom. The normalized spacial score (nSPS) is 11.5. The molecule has 1 aromatic carbocycles. The molecule has 0 aliphatic rings. The van der Waals surface area contributed by atoms with Crippen LogP contribution in [0, 0.1) is 6.92 Å². The van der Waals surface area contributed by atoms with Crippen LogP contribution in [0.2, 0.25) is 0 Å². The summed E-state index contributed by atoms with van der Waals surface area (Å²) in [4.78, 5) is 14.7. The van der Waals surface area contributed by atoms with Crippen LogP contribution in [-0.2, 0) is 16.6 Å². The van der Waals surface area contributed by atoms with E-state index in [4.69, 9.17) is 5.11 Å². The summed E-state index contributed by atoms with van der Waals surface area (Å²) in [6, 6.07) is 4.71. The first kappa shape index (κ1) is 16.1. The molecule has 0 aliphatic heterocycles. The van der Waals surface area contributed by atoms with Gasteiger partial charge in [0, 0.05) is 9.85 Å². The van der Waals surface area contributed by atoms with Crippen LogP contribution < -0.4 is 4.72 Å². The van der Waals surface area contributed by atoms with Gasteiger partial charge in [-0.25, -0.2) is 22.9 Å². The van der Waals surface area contributed by atoms with Gasteiger partial charge in [-0.2, -0.15) is 0 Å². The zero-order valence-corrected chi connectivity index (χ0v) is 14.0. The summed E-state index contributed by atoms with van der Waals surface area (Å²) in [6.45, 7) is 1.75. The van der Waals surface area contributed by atoms with Gasteiger partial charge >= 0.3 is 5.97 Å². The zero-order chi connectivity index (χ0) is 15.6. The molecule has 1 heterocycles. The molecule has 0 saturated carbocycles. The molecule has 0 amide bonds. The van der Waals surface area contributed by atoms with Crippen LogP contribution in [0.25, 0.3) is 0 Å². The number of benzene rings is 1. The van der Waals surface area contributed by atoms with Crippen molar-refractivity contribution in [3.05, 3.63) is 44.3 Å². The van der Waals surface area contributed by atoms with Gasteiger partial charge in [-0.15, -0.1) is 11.3 Å². The smallest absolute Gasteiger partial charge is 0.355 e. The van der Waals surface area contributed by atoms with E-state index in [2.05, 4.69) is 25.6 Å². The molecule has 2 rings (SSSR count). The Kier molecular flexibility index (Phi) is 4.77. The molecule has 1 aromatic heterocycles. The summed E-state index contributed by atoms with van der Waals surface area (Å²) in [7, 11) is -3.66. The number of hydrogen-bond acceptors (Lipinski definition) is 5. The number of nitrogens with one attached hydrogen (secondary N) is 1. The predicted octanol–water partition coefficient (Wildman–Crippen LogP) is 2.39. The number of sulfonamides is 1. The summed E-state index contributed by atoms with van der Waals surface area (Å²) in [5, 5.41) is 10.5. The van der Waals surface area contributed by atoms with Crippen LogP contribution in [0.4, 0.5) is 0 Å². The van der Waals surface area contributed by atoms with Crippen molar-refractivity contribution in [1.29, 1.82) is 0 Å². The summed E-state index contributed by atoms with van der Waals surface area (Å²) >= 11 is 4.40. The highest BCUT2D eigenvalue weighted by Gasteiger charge is 2.16. The molecule has 6 nitrogen and oxygen atoms in total. The lowest BCUT2D eigenvalue weighted by atomic mass is 10.2. The average Bonchev–Trinajstić information content (AvgIpc) is 2.89. The number of halogens is 1. The molecule has 21 heavy (non-hydrogen) atoms. The molecule has 0 saturated heterocycles. The maximum Gasteiger partial charge on any atom is 0.355 e. The summed E-state index contributed by atoms with van der Waals surface area (Å²) in [6.07, 6.45) is 0. The lowest BCUT2D eigenvalue weighted by molar-refractivity contribution is 0.0691. The molecule has 2 N–H and O–H groups in total. The van der Waals surface area contributed by atoms with Crippen LogP contribution in [0.3, 0.4) is 0 Å². The summed E-state index contributed by atoms with van der Waals surface area (Å²) in [5.41, 5.74) is 0.717. The van der Waals surface area contributed by atoms with Crippen LogP contribution >= 0.6 is 27.3 Å². The average molecular weight is 391 g/mol. The molecular formula is C12H11BrN2O4S2. The van der Waals surface area contributed by atoms with Gasteiger partial charge in [0.15, 0.2) is 5.69 Å². The molecule has 0 aliphatic carbocycles. The molecule has 0 spiro atoms. The molecule has 0 unspecified atom stereocenters. The fraction of sp³-hybridized carbons (Fsp3) is 0.167. The first-order chi connectivity index (χ1) is 9.79. The Balaban J connectivity index is 2.13. The number of carboxylic acids is 1. The number of rotatable bonds is 5. The zero-order valence-electron chi connectivity index (χ0n) is 10.8. The standard InChI is InChI=1S/C12H11BrN2O4S2/c1-7-4-8(2-3-9(7)13)21(18,19)14-5-11-15-10(6-20-11)12(16)17/h2-4,6,14H,5H2,1H3,(H,16,17). The summed E-state index contributed by atoms with van der Waals surface area (Å²) < 4.78 is 27.5.